The molecule has 1 amide bonds. The zero-order valence-electron chi connectivity index (χ0n) is 12.9. The molecular formula is C18H18N2OS2. The number of thiazole rings is 1. The lowest BCUT2D eigenvalue weighted by atomic mass is 10.2. The molecular weight excluding hydrogens is 324 g/mol. The van der Waals surface area contributed by atoms with Crippen LogP contribution < -0.4 is 5.32 Å². The molecule has 118 valence electrons. The van der Waals surface area contributed by atoms with Gasteiger partial charge < -0.3 is 5.32 Å². The SMILES string of the molecule is Cc1ccc2nc(NC(=O)CSCCc3ccccc3)sc2c1. The summed E-state index contributed by atoms with van der Waals surface area (Å²) in [5.74, 6) is 1.41. The molecule has 3 nitrogen and oxygen atoms in total. The second-order valence-electron chi connectivity index (χ2n) is 5.33. The molecule has 0 aliphatic carbocycles. The quantitative estimate of drug-likeness (QED) is 0.670. The zero-order valence-corrected chi connectivity index (χ0v) is 14.5. The predicted octanol–water partition coefficient (Wildman–Crippen LogP) is 4.52. The van der Waals surface area contributed by atoms with Gasteiger partial charge in [0.25, 0.3) is 0 Å². The lowest BCUT2D eigenvalue weighted by Crippen LogP contribution is -2.14. The molecule has 1 heterocycles. The van der Waals surface area contributed by atoms with Crippen LogP contribution in [-0.4, -0.2) is 22.4 Å². The number of aryl methyl sites for hydroxylation is 2. The molecule has 1 N–H and O–H groups in total. The molecule has 0 spiro atoms. The molecule has 5 heteroatoms. The summed E-state index contributed by atoms with van der Waals surface area (Å²) in [4.78, 5) is 16.4. The van der Waals surface area contributed by atoms with Gasteiger partial charge in [0.15, 0.2) is 5.13 Å². The first-order valence-corrected chi connectivity index (χ1v) is 9.46. The van der Waals surface area contributed by atoms with E-state index < -0.39 is 0 Å². The van der Waals surface area contributed by atoms with Crippen molar-refractivity contribution in [2.45, 2.75) is 13.3 Å². The van der Waals surface area contributed by atoms with Crippen molar-refractivity contribution in [3.05, 3.63) is 59.7 Å². The van der Waals surface area contributed by atoms with E-state index in [9.17, 15) is 4.79 Å². The van der Waals surface area contributed by atoms with Gasteiger partial charge in [0, 0.05) is 0 Å². The zero-order chi connectivity index (χ0) is 16.1. The van der Waals surface area contributed by atoms with Crippen LogP contribution in [0.25, 0.3) is 10.2 Å². The molecule has 2 aromatic carbocycles. The molecule has 3 aromatic rings. The summed E-state index contributed by atoms with van der Waals surface area (Å²) in [7, 11) is 0. The summed E-state index contributed by atoms with van der Waals surface area (Å²) < 4.78 is 1.11. The van der Waals surface area contributed by atoms with Gasteiger partial charge in [-0.2, -0.15) is 11.8 Å². The highest BCUT2D eigenvalue weighted by Gasteiger charge is 2.08. The molecule has 0 saturated heterocycles. The van der Waals surface area contributed by atoms with Gasteiger partial charge in [0.05, 0.1) is 16.0 Å². The summed E-state index contributed by atoms with van der Waals surface area (Å²) >= 11 is 3.17. The minimum absolute atomic E-state index is 0.0128. The van der Waals surface area contributed by atoms with Crippen LogP contribution in [0, 0.1) is 6.92 Å². The van der Waals surface area contributed by atoms with Crippen molar-refractivity contribution >= 4 is 44.4 Å². The van der Waals surface area contributed by atoms with E-state index in [1.54, 1.807) is 11.8 Å². The van der Waals surface area contributed by atoms with Gasteiger partial charge in [-0.3, -0.25) is 4.79 Å². The number of nitrogens with one attached hydrogen (secondary N) is 1. The topological polar surface area (TPSA) is 42.0 Å². The first-order chi connectivity index (χ1) is 11.2. The molecule has 0 radical (unpaired) electrons. The standard InChI is InChI=1S/C18H18N2OS2/c1-13-7-8-15-16(11-13)23-18(19-15)20-17(21)12-22-10-9-14-5-3-2-4-6-14/h2-8,11H,9-10,12H2,1H3,(H,19,20,21). The number of aromatic nitrogens is 1. The first kappa shape index (κ1) is 16.0. The Bertz CT molecular complexity index is 799. The minimum atomic E-state index is 0.0128. The number of rotatable bonds is 6. The van der Waals surface area contributed by atoms with Gasteiger partial charge in [-0.1, -0.05) is 47.7 Å². The Kier molecular flexibility index (Phi) is 5.31. The van der Waals surface area contributed by atoms with E-state index in [0.29, 0.717) is 10.9 Å². The smallest absolute Gasteiger partial charge is 0.236 e. The number of carbonyl (C=O) groups excluding carboxylic acids is 1. The Hall–Kier alpha value is -1.85. The molecule has 0 fully saturated rings. The van der Waals surface area contributed by atoms with Crippen molar-refractivity contribution in [1.82, 2.24) is 4.98 Å². The van der Waals surface area contributed by atoms with Gasteiger partial charge in [-0.25, -0.2) is 4.98 Å². The van der Waals surface area contributed by atoms with Gasteiger partial charge >= 0.3 is 0 Å². The largest absolute Gasteiger partial charge is 0.301 e. The van der Waals surface area contributed by atoms with E-state index >= 15 is 0 Å². The highest BCUT2D eigenvalue weighted by atomic mass is 32.2. The molecule has 0 aliphatic rings. The van der Waals surface area contributed by atoms with Crippen molar-refractivity contribution in [2.24, 2.45) is 0 Å². The molecule has 0 atom stereocenters. The number of amides is 1. The second kappa shape index (κ2) is 7.62. The Morgan fingerprint density at radius 1 is 1.22 bits per heavy atom. The van der Waals surface area contributed by atoms with Crippen LogP contribution in [0.15, 0.2) is 48.5 Å². The Morgan fingerprint density at radius 3 is 2.87 bits per heavy atom. The van der Waals surface area contributed by atoms with E-state index in [-0.39, 0.29) is 5.91 Å². The first-order valence-electron chi connectivity index (χ1n) is 7.49. The van der Waals surface area contributed by atoms with Crippen LogP contribution >= 0.6 is 23.1 Å². The molecule has 0 bridgehead atoms. The van der Waals surface area contributed by atoms with Gasteiger partial charge in [0.1, 0.15) is 0 Å². The summed E-state index contributed by atoms with van der Waals surface area (Å²) in [5.41, 5.74) is 3.45. The van der Waals surface area contributed by atoms with Crippen molar-refractivity contribution < 1.29 is 4.79 Å². The van der Waals surface area contributed by atoms with E-state index in [2.05, 4.69) is 35.4 Å². The van der Waals surface area contributed by atoms with Crippen LogP contribution in [0.4, 0.5) is 5.13 Å². The van der Waals surface area contributed by atoms with Crippen LogP contribution in [0.1, 0.15) is 11.1 Å². The molecule has 0 unspecified atom stereocenters. The van der Waals surface area contributed by atoms with Gasteiger partial charge in [-0.05, 0) is 42.4 Å². The fourth-order valence-corrected chi connectivity index (χ4v) is 4.00. The lowest BCUT2D eigenvalue weighted by Gasteiger charge is -2.02. The highest BCUT2D eigenvalue weighted by molar-refractivity contribution is 7.99. The maximum atomic E-state index is 12.0. The maximum Gasteiger partial charge on any atom is 0.236 e. The molecule has 0 aliphatic heterocycles. The third-order valence-electron chi connectivity index (χ3n) is 3.40. The highest BCUT2D eigenvalue weighted by Crippen LogP contribution is 2.26. The van der Waals surface area contributed by atoms with Crippen LogP contribution in [0.5, 0.6) is 0 Å². The third-order valence-corrected chi connectivity index (χ3v) is 5.29. The lowest BCUT2D eigenvalue weighted by molar-refractivity contribution is -0.113. The van der Waals surface area contributed by atoms with E-state index in [0.717, 1.165) is 22.4 Å². The van der Waals surface area contributed by atoms with E-state index in [1.165, 1.54) is 22.5 Å². The average Bonchev–Trinajstić information content (AvgIpc) is 2.94. The Labute approximate surface area is 144 Å². The number of nitrogens with zero attached hydrogens (tertiary/aromatic N) is 1. The normalized spacial score (nSPS) is 10.8. The number of fused-ring (bicyclic) bond motifs is 1. The summed E-state index contributed by atoms with van der Waals surface area (Å²) in [6, 6.07) is 16.5. The molecule has 23 heavy (non-hydrogen) atoms. The monoisotopic (exact) mass is 342 g/mol. The number of benzene rings is 2. The van der Waals surface area contributed by atoms with Crippen molar-refractivity contribution in [3.63, 3.8) is 0 Å². The molecule has 1 aromatic heterocycles. The van der Waals surface area contributed by atoms with Crippen molar-refractivity contribution in [1.29, 1.82) is 0 Å². The maximum absolute atomic E-state index is 12.0. The minimum Gasteiger partial charge on any atom is -0.301 e. The number of hydrogen-bond acceptors (Lipinski definition) is 4. The van der Waals surface area contributed by atoms with E-state index in [4.69, 9.17) is 0 Å². The Morgan fingerprint density at radius 2 is 2.04 bits per heavy atom. The predicted molar refractivity (Wildman–Crippen MR) is 100 cm³/mol. The average molecular weight is 342 g/mol. The summed E-state index contributed by atoms with van der Waals surface area (Å²) in [5, 5.41) is 3.58. The van der Waals surface area contributed by atoms with Crippen molar-refractivity contribution in [2.75, 3.05) is 16.8 Å². The van der Waals surface area contributed by atoms with Gasteiger partial charge in [0.2, 0.25) is 5.91 Å². The van der Waals surface area contributed by atoms with Crippen molar-refractivity contribution in [3.8, 4) is 0 Å². The van der Waals surface area contributed by atoms with Crippen LogP contribution in [0.3, 0.4) is 0 Å². The van der Waals surface area contributed by atoms with E-state index in [1.807, 2.05) is 30.3 Å². The second-order valence-corrected chi connectivity index (χ2v) is 7.46. The number of carbonyl (C=O) groups is 1. The van der Waals surface area contributed by atoms with Crippen LogP contribution in [-0.2, 0) is 11.2 Å². The summed E-state index contributed by atoms with van der Waals surface area (Å²) in [6.45, 7) is 2.06. The fraction of sp³-hybridized carbons (Fsp3) is 0.222. The van der Waals surface area contributed by atoms with Crippen LogP contribution in [0.2, 0.25) is 0 Å². The van der Waals surface area contributed by atoms with Gasteiger partial charge in [-0.15, -0.1) is 0 Å². The molecule has 0 saturated carbocycles. The summed E-state index contributed by atoms with van der Waals surface area (Å²) in [6.07, 6.45) is 0.985. The molecule has 3 rings (SSSR count). The third kappa shape index (κ3) is 4.56. The number of hydrogen-bond donors (Lipinski definition) is 1. The number of thioether (sulfide) groups is 1. The fourth-order valence-electron chi connectivity index (χ4n) is 2.24. The number of anilines is 1. The Balaban J connectivity index is 1.46.